The number of aliphatic hydroxyl groups is 1. The van der Waals surface area contributed by atoms with Crippen molar-refractivity contribution in [3.05, 3.63) is 29.0 Å². The predicted molar refractivity (Wildman–Crippen MR) is 114 cm³/mol. The van der Waals surface area contributed by atoms with Gasteiger partial charge in [0.05, 0.1) is 24.8 Å². The maximum atomic E-state index is 9.68. The van der Waals surface area contributed by atoms with Crippen molar-refractivity contribution in [2.24, 2.45) is 0 Å². The van der Waals surface area contributed by atoms with Crippen LogP contribution >= 0.6 is 11.6 Å². The fraction of sp³-hybridized carbons (Fsp3) is 0.619. The Morgan fingerprint density at radius 3 is 2.96 bits per heavy atom. The standard InChI is InChI=1S/C21H31ClN4O2/c1-15(2)28-11-5-9-23-21-18-12-16(22)7-8-19(18)24-20(25-21)13-26-10-4-3-6-17(26)14-27/h7-8,12,15,17,27H,3-6,9-11,13-14H2,1-2H3,(H,23,24,25). The van der Waals surface area contributed by atoms with Crippen LogP contribution in [0.5, 0.6) is 0 Å². The number of hydrogen-bond donors (Lipinski definition) is 2. The molecule has 7 heteroatoms. The van der Waals surface area contributed by atoms with E-state index in [2.05, 4.69) is 10.2 Å². The summed E-state index contributed by atoms with van der Waals surface area (Å²) < 4.78 is 5.61. The molecule has 1 unspecified atom stereocenters. The summed E-state index contributed by atoms with van der Waals surface area (Å²) in [6, 6.07) is 5.90. The normalized spacial score (nSPS) is 18.1. The summed E-state index contributed by atoms with van der Waals surface area (Å²) >= 11 is 6.20. The lowest BCUT2D eigenvalue weighted by Crippen LogP contribution is -2.41. The maximum Gasteiger partial charge on any atom is 0.145 e. The number of nitrogens with zero attached hydrogens (tertiary/aromatic N) is 3. The third-order valence-corrected chi connectivity index (χ3v) is 5.31. The van der Waals surface area contributed by atoms with Gasteiger partial charge < -0.3 is 15.2 Å². The van der Waals surface area contributed by atoms with Crippen LogP contribution in [0.25, 0.3) is 10.9 Å². The Bertz CT molecular complexity index is 771. The van der Waals surface area contributed by atoms with Crippen molar-refractivity contribution < 1.29 is 9.84 Å². The number of nitrogens with one attached hydrogen (secondary N) is 1. The van der Waals surface area contributed by atoms with Crippen molar-refractivity contribution in [3.63, 3.8) is 0 Å². The highest BCUT2D eigenvalue weighted by molar-refractivity contribution is 6.31. The van der Waals surface area contributed by atoms with Crippen molar-refractivity contribution in [3.8, 4) is 0 Å². The largest absolute Gasteiger partial charge is 0.395 e. The van der Waals surface area contributed by atoms with Crippen LogP contribution in [0.15, 0.2) is 18.2 Å². The van der Waals surface area contributed by atoms with Crippen LogP contribution in [0.3, 0.4) is 0 Å². The van der Waals surface area contributed by atoms with Crippen LogP contribution in [-0.2, 0) is 11.3 Å². The fourth-order valence-electron chi connectivity index (χ4n) is 3.61. The third-order valence-electron chi connectivity index (χ3n) is 5.07. The molecular formula is C21H31ClN4O2. The number of fused-ring (bicyclic) bond motifs is 1. The zero-order valence-electron chi connectivity index (χ0n) is 16.8. The molecule has 0 bridgehead atoms. The molecule has 1 aliphatic rings. The Morgan fingerprint density at radius 1 is 1.32 bits per heavy atom. The molecule has 0 radical (unpaired) electrons. The first kappa shape index (κ1) is 21.2. The van der Waals surface area contributed by atoms with Crippen molar-refractivity contribution >= 4 is 28.3 Å². The smallest absolute Gasteiger partial charge is 0.145 e. The summed E-state index contributed by atoms with van der Waals surface area (Å²) in [5, 5.41) is 14.7. The third kappa shape index (κ3) is 5.77. The number of rotatable bonds is 9. The topological polar surface area (TPSA) is 70.5 Å². The van der Waals surface area contributed by atoms with Gasteiger partial charge in [-0.05, 0) is 57.9 Å². The highest BCUT2D eigenvalue weighted by Gasteiger charge is 2.23. The highest BCUT2D eigenvalue weighted by atomic mass is 35.5. The predicted octanol–water partition coefficient (Wildman–Crippen LogP) is 3.86. The van der Waals surface area contributed by atoms with Crippen LogP contribution in [0.2, 0.25) is 5.02 Å². The minimum Gasteiger partial charge on any atom is -0.395 e. The molecule has 0 amide bonds. The Balaban J connectivity index is 1.76. The Labute approximate surface area is 172 Å². The average Bonchev–Trinajstić information content (AvgIpc) is 2.68. The first-order valence-corrected chi connectivity index (χ1v) is 10.6. The second kappa shape index (κ2) is 10.3. The molecule has 1 fully saturated rings. The van der Waals surface area contributed by atoms with Gasteiger partial charge >= 0.3 is 0 Å². The second-order valence-electron chi connectivity index (χ2n) is 7.65. The number of likely N-dealkylation sites (tertiary alicyclic amines) is 1. The minimum absolute atomic E-state index is 0.185. The molecule has 2 aromatic rings. The van der Waals surface area contributed by atoms with E-state index in [1.54, 1.807) is 0 Å². The van der Waals surface area contributed by atoms with E-state index in [-0.39, 0.29) is 18.8 Å². The quantitative estimate of drug-likeness (QED) is 0.616. The molecule has 1 saturated heterocycles. The fourth-order valence-corrected chi connectivity index (χ4v) is 3.78. The Kier molecular flexibility index (Phi) is 7.85. The molecule has 6 nitrogen and oxygen atoms in total. The molecule has 28 heavy (non-hydrogen) atoms. The van der Waals surface area contributed by atoms with Crippen LogP contribution in [0.1, 0.15) is 45.4 Å². The van der Waals surface area contributed by atoms with Crippen molar-refractivity contribution in [2.75, 3.05) is 31.6 Å². The van der Waals surface area contributed by atoms with Crippen LogP contribution in [0, 0.1) is 0 Å². The molecule has 3 rings (SSSR count). The zero-order valence-corrected chi connectivity index (χ0v) is 17.6. The molecular weight excluding hydrogens is 376 g/mol. The van der Waals surface area contributed by atoms with E-state index < -0.39 is 0 Å². The zero-order chi connectivity index (χ0) is 19.9. The average molecular weight is 407 g/mol. The van der Waals surface area contributed by atoms with Crippen LogP contribution in [0.4, 0.5) is 5.82 Å². The maximum absolute atomic E-state index is 9.68. The van der Waals surface area contributed by atoms with Crippen molar-refractivity contribution in [1.29, 1.82) is 0 Å². The number of aliphatic hydroxyl groups excluding tert-OH is 1. The van der Waals surface area contributed by atoms with E-state index in [1.165, 1.54) is 6.42 Å². The number of hydrogen-bond acceptors (Lipinski definition) is 6. The molecule has 1 aromatic heterocycles. The first-order chi connectivity index (χ1) is 13.6. The van der Waals surface area contributed by atoms with E-state index in [1.807, 2.05) is 32.0 Å². The van der Waals surface area contributed by atoms with Crippen LogP contribution in [-0.4, -0.2) is 58.4 Å². The van der Waals surface area contributed by atoms with Crippen LogP contribution < -0.4 is 5.32 Å². The minimum atomic E-state index is 0.185. The molecule has 2 N–H and O–H groups in total. The lowest BCUT2D eigenvalue weighted by Gasteiger charge is -2.34. The summed E-state index contributed by atoms with van der Waals surface area (Å²) in [5.41, 5.74) is 0.882. The van der Waals surface area contributed by atoms with E-state index in [9.17, 15) is 5.11 Å². The van der Waals surface area contributed by atoms with Gasteiger partial charge in [0, 0.05) is 29.6 Å². The Morgan fingerprint density at radius 2 is 2.18 bits per heavy atom. The molecule has 0 aliphatic carbocycles. The Hall–Kier alpha value is -1.47. The SMILES string of the molecule is CC(C)OCCCNc1nc(CN2CCCCC2CO)nc2ccc(Cl)cc12. The molecule has 1 atom stereocenters. The first-order valence-electron chi connectivity index (χ1n) is 10.2. The van der Waals surface area contributed by atoms with E-state index in [0.717, 1.165) is 54.9 Å². The van der Waals surface area contributed by atoms with Gasteiger partial charge in [-0.2, -0.15) is 0 Å². The molecule has 154 valence electrons. The summed E-state index contributed by atoms with van der Waals surface area (Å²) in [5.74, 6) is 1.58. The van der Waals surface area contributed by atoms with Crippen molar-refractivity contribution in [1.82, 2.24) is 14.9 Å². The number of benzene rings is 1. The number of ether oxygens (including phenoxy) is 1. The lowest BCUT2D eigenvalue weighted by molar-refractivity contribution is 0.0787. The monoisotopic (exact) mass is 406 g/mol. The number of anilines is 1. The second-order valence-corrected chi connectivity index (χ2v) is 8.09. The van der Waals surface area contributed by atoms with Gasteiger partial charge in [0.1, 0.15) is 11.6 Å². The van der Waals surface area contributed by atoms with Gasteiger partial charge in [-0.25, -0.2) is 9.97 Å². The lowest BCUT2D eigenvalue weighted by atomic mass is 10.0. The molecule has 1 aromatic carbocycles. The number of piperidine rings is 1. The molecule has 0 spiro atoms. The molecule has 1 aliphatic heterocycles. The van der Waals surface area contributed by atoms with E-state index in [0.29, 0.717) is 18.2 Å². The number of aromatic nitrogens is 2. The van der Waals surface area contributed by atoms with Gasteiger partial charge in [0.2, 0.25) is 0 Å². The summed E-state index contributed by atoms with van der Waals surface area (Å²) in [7, 11) is 0. The van der Waals surface area contributed by atoms with Gasteiger partial charge in [0.25, 0.3) is 0 Å². The van der Waals surface area contributed by atoms with Gasteiger partial charge in [-0.3, -0.25) is 4.90 Å². The highest BCUT2D eigenvalue weighted by Crippen LogP contribution is 2.25. The summed E-state index contributed by atoms with van der Waals surface area (Å²) in [6.45, 7) is 7.38. The summed E-state index contributed by atoms with van der Waals surface area (Å²) in [4.78, 5) is 11.8. The number of halogens is 1. The molecule has 2 heterocycles. The van der Waals surface area contributed by atoms with E-state index in [4.69, 9.17) is 26.3 Å². The van der Waals surface area contributed by atoms with Crippen molar-refractivity contribution in [2.45, 2.75) is 58.2 Å². The molecule has 0 saturated carbocycles. The summed E-state index contributed by atoms with van der Waals surface area (Å²) in [6.07, 6.45) is 4.50. The van der Waals surface area contributed by atoms with Gasteiger partial charge in [-0.1, -0.05) is 18.0 Å². The van der Waals surface area contributed by atoms with Gasteiger partial charge in [0.15, 0.2) is 0 Å². The van der Waals surface area contributed by atoms with Gasteiger partial charge in [-0.15, -0.1) is 0 Å². The van der Waals surface area contributed by atoms with E-state index >= 15 is 0 Å².